The molecule has 3 fully saturated rings. The largest absolute Gasteiger partial charge is 0.300 e. The second-order valence-corrected chi connectivity index (χ2v) is 5.84. The highest BCUT2D eigenvalue weighted by molar-refractivity contribution is 6.02. The lowest BCUT2D eigenvalue weighted by atomic mass is 9.82. The van der Waals surface area contributed by atoms with Crippen LogP contribution in [0.3, 0.4) is 0 Å². The molecule has 2 bridgehead atoms. The Morgan fingerprint density at radius 1 is 1.19 bits per heavy atom. The second-order valence-electron chi connectivity index (χ2n) is 5.84. The topological polar surface area (TPSA) is 32.7 Å². The van der Waals surface area contributed by atoms with Gasteiger partial charge in [0.15, 0.2) is 0 Å². The molecule has 0 radical (unpaired) electrons. The average molecular weight is 218 g/mol. The molecule has 4 atom stereocenters. The van der Waals surface area contributed by atoms with Crippen molar-refractivity contribution in [1.29, 1.82) is 0 Å². The fraction of sp³-hybridized carbons (Fsp3) is 0.846. The molecule has 4 rings (SSSR count). The van der Waals surface area contributed by atoms with Crippen LogP contribution in [0.4, 0.5) is 0 Å². The number of carbonyl (C=O) groups excluding carboxylic acids is 1. The number of nitrogens with zero attached hydrogens (tertiary/aromatic N) is 2. The first-order valence-corrected chi connectivity index (χ1v) is 6.72. The average Bonchev–Trinajstić information content (AvgIpc) is 2.90. The van der Waals surface area contributed by atoms with E-state index in [2.05, 4.69) is 0 Å². The van der Waals surface area contributed by atoms with Crippen LogP contribution in [0.2, 0.25) is 0 Å². The zero-order chi connectivity index (χ0) is 10.7. The van der Waals surface area contributed by atoms with E-state index in [4.69, 9.17) is 4.99 Å². The SMILES string of the molecule is O=C1[C@@H]2[C@H]3CC[C@H](C3)[C@@H]2N=C2CCCCN12. The molecule has 3 nitrogen and oxygen atoms in total. The van der Waals surface area contributed by atoms with Crippen LogP contribution in [0.25, 0.3) is 0 Å². The first kappa shape index (κ1) is 9.20. The van der Waals surface area contributed by atoms with Crippen LogP contribution in [0.1, 0.15) is 38.5 Å². The van der Waals surface area contributed by atoms with Crippen molar-refractivity contribution >= 4 is 11.7 Å². The molecule has 0 aromatic rings. The number of piperidine rings is 1. The highest BCUT2D eigenvalue weighted by atomic mass is 16.2. The number of amidine groups is 1. The second kappa shape index (κ2) is 3.08. The third kappa shape index (κ3) is 1.04. The minimum Gasteiger partial charge on any atom is -0.300 e. The molecular weight excluding hydrogens is 200 g/mol. The molecule has 1 amide bonds. The maximum absolute atomic E-state index is 12.5. The highest BCUT2D eigenvalue weighted by Gasteiger charge is 2.54. The van der Waals surface area contributed by atoms with Gasteiger partial charge < -0.3 is 4.90 Å². The Labute approximate surface area is 95.9 Å². The summed E-state index contributed by atoms with van der Waals surface area (Å²) in [5.74, 6) is 3.19. The number of aliphatic imine (C=N–C) groups is 1. The minimum absolute atomic E-state index is 0.264. The van der Waals surface area contributed by atoms with E-state index < -0.39 is 0 Å². The molecule has 0 aromatic heterocycles. The molecule has 2 aliphatic heterocycles. The van der Waals surface area contributed by atoms with E-state index in [-0.39, 0.29) is 5.92 Å². The van der Waals surface area contributed by atoms with Gasteiger partial charge in [-0.2, -0.15) is 0 Å². The minimum atomic E-state index is 0.264. The summed E-state index contributed by atoms with van der Waals surface area (Å²) in [6, 6.07) is 0.371. The van der Waals surface area contributed by atoms with Crippen molar-refractivity contribution in [3.63, 3.8) is 0 Å². The molecule has 1 saturated heterocycles. The van der Waals surface area contributed by atoms with Gasteiger partial charge in [-0.25, -0.2) is 0 Å². The summed E-state index contributed by atoms with van der Waals surface area (Å²) >= 11 is 0. The standard InChI is InChI=1S/C13H18N2O/c16-13-11-8-4-5-9(7-8)12(11)14-10-3-1-2-6-15(10)13/h8-9,11-12H,1-7H2/t8-,9+,11+,12-/m0/s1. The van der Waals surface area contributed by atoms with Crippen molar-refractivity contribution in [3.8, 4) is 0 Å². The molecule has 0 unspecified atom stereocenters. The summed E-state index contributed by atoms with van der Waals surface area (Å²) in [6.45, 7) is 0.929. The van der Waals surface area contributed by atoms with Crippen molar-refractivity contribution in [3.05, 3.63) is 0 Å². The monoisotopic (exact) mass is 218 g/mol. The van der Waals surface area contributed by atoms with Gasteiger partial charge in [0.2, 0.25) is 5.91 Å². The lowest BCUT2D eigenvalue weighted by Gasteiger charge is -2.40. The quantitative estimate of drug-likeness (QED) is 0.610. The summed E-state index contributed by atoms with van der Waals surface area (Å²) in [4.78, 5) is 19.4. The Hall–Kier alpha value is -0.860. The maximum Gasteiger partial charge on any atom is 0.233 e. The first-order valence-electron chi connectivity index (χ1n) is 6.72. The normalized spacial score (nSPS) is 45.4. The van der Waals surface area contributed by atoms with Crippen LogP contribution in [0.15, 0.2) is 4.99 Å². The summed E-state index contributed by atoms with van der Waals surface area (Å²) in [5, 5.41) is 0. The van der Waals surface area contributed by atoms with Gasteiger partial charge in [-0.1, -0.05) is 0 Å². The number of carbonyl (C=O) groups is 1. The lowest BCUT2D eigenvalue weighted by Crippen LogP contribution is -2.52. The van der Waals surface area contributed by atoms with E-state index in [0.29, 0.717) is 17.9 Å². The van der Waals surface area contributed by atoms with Gasteiger partial charge in [-0.15, -0.1) is 0 Å². The van der Waals surface area contributed by atoms with Crippen LogP contribution in [-0.2, 0) is 4.79 Å². The first-order chi connectivity index (χ1) is 7.84. The number of hydrogen-bond acceptors (Lipinski definition) is 2. The Morgan fingerprint density at radius 3 is 3.00 bits per heavy atom. The van der Waals surface area contributed by atoms with E-state index >= 15 is 0 Å². The summed E-state index contributed by atoms with van der Waals surface area (Å²) in [5.41, 5.74) is 0. The van der Waals surface area contributed by atoms with Crippen LogP contribution in [0.5, 0.6) is 0 Å². The number of hydrogen-bond donors (Lipinski definition) is 0. The molecule has 0 aromatic carbocycles. The van der Waals surface area contributed by atoms with Crippen LogP contribution < -0.4 is 0 Å². The van der Waals surface area contributed by atoms with Gasteiger partial charge in [-0.05, 0) is 43.9 Å². The number of rotatable bonds is 0. The number of amides is 1. The van der Waals surface area contributed by atoms with E-state index in [1.165, 1.54) is 25.7 Å². The van der Waals surface area contributed by atoms with Crippen LogP contribution in [-0.4, -0.2) is 29.2 Å². The fourth-order valence-electron chi connectivity index (χ4n) is 4.34. The molecule has 4 aliphatic rings. The fourth-order valence-corrected chi connectivity index (χ4v) is 4.34. The molecule has 3 heteroatoms. The molecule has 16 heavy (non-hydrogen) atoms. The van der Waals surface area contributed by atoms with Crippen LogP contribution in [0, 0.1) is 17.8 Å². The molecular formula is C13H18N2O. The Balaban J connectivity index is 1.75. The molecule has 2 saturated carbocycles. The predicted molar refractivity (Wildman–Crippen MR) is 61.1 cm³/mol. The zero-order valence-electron chi connectivity index (χ0n) is 9.56. The van der Waals surface area contributed by atoms with Gasteiger partial charge in [0.1, 0.15) is 5.84 Å². The van der Waals surface area contributed by atoms with Gasteiger partial charge in [0, 0.05) is 13.0 Å². The molecule has 2 aliphatic carbocycles. The van der Waals surface area contributed by atoms with E-state index in [1.54, 1.807) is 0 Å². The van der Waals surface area contributed by atoms with Crippen molar-refractivity contribution in [1.82, 2.24) is 4.90 Å². The molecule has 0 spiro atoms. The van der Waals surface area contributed by atoms with Crippen molar-refractivity contribution in [2.45, 2.75) is 44.6 Å². The smallest absolute Gasteiger partial charge is 0.233 e. The summed E-state index contributed by atoms with van der Waals surface area (Å²) < 4.78 is 0. The molecule has 86 valence electrons. The Bertz CT molecular complexity index is 376. The Morgan fingerprint density at radius 2 is 2.06 bits per heavy atom. The van der Waals surface area contributed by atoms with E-state index in [0.717, 1.165) is 31.1 Å². The van der Waals surface area contributed by atoms with Crippen molar-refractivity contribution in [2.75, 3.05) is 6.54 Å². The van der Waals surface area contributed by atoms with Crippen LogP contribution >= 0.6 is 0 Å². The summed E-state index contributed by atoms with van der Waals surface area (Å²) in [7, 11) is 0. The lowest BCUT2D eigenvalue weighted by molar-refractivity contribution is -0.135. The van der Waals surface area contributed by atoms with Crippen molar-refractivity contribution in [2.24, 2.45) is 22.7 Å². The molecule has 2 heterocycles. The molecule has 0 N–H and O–H groups in total. The Kier molecular flexibility index (Phi) is 1.77. The van der Waals surface area contributed by atoms with Gasteiger partial charge in [0.05, 0.1) is 12.0 Å². The van der Waals surface area contributed by atoms with Gasteiger partial charge in [0.25, 0.3) is 0 Å². The predicted octanol–water partition coefficient (Wildman–Crippen LogP) is 1.83. The third-order valence-corrected chi connectivity index (χ3v) is 5.07. The van der Waals surface area contributed by atoms with E-state index in [1.807, 2.05) is 4.90 Å². The van der Waals surface area contributed by atoms with E-state index in [9.17, 15) is 4.79 Å². The van der Waals surface area contributed by atoms with Gasteiger partial charge >= 0.3 is 0 Å². The zero-order valence-corrected chi connectivity index (χ0v) is 9.56. The highest BCUT2D eigenvalue weighted by Crippen LogP contribution is 2.52. The summed E-state index contributed by atoms with van der Waals surface area (Å²) in [6.07, 6.45) is 7.27. The van der Waals surface area contributed by atoms with Gasteiger partial charge in [-0.3, -0.25) is 9.79 Å². The third-order valence-electron chi connectivity index (χ3n) is 5.07. The van der Waals surface area contributed by atoms with Crippen molar-refractivity contribution < 1.29 is 4.79 Å². The maximum atomic E-state index is 12.5. The number of fused-ring (bicyclic) bond motifs is 6.